The fourth-order valence-corrected chi connectivity index (χ4v) is 3.22. The first-order valence-electron chi connectivity index (χ1n) is 9.04. The molecule has 2 amide bonds. The molecular weight excluding hydrogens is 409 g/mol. The summed E-state index contributed by atoms with van der Waals surface area (Å²) in [6.07, 6.45) is 3.63. The van der Waals surface area contributed by atoms with Crippen molar-refractivity contribution < 1.29 is 4.79 Å². The summed E-state index contributed by atoms with van der Waals surface area (Å²) in [5, 5.41) is 15.2. The number of halogens is 2. The third-order valence-corrected chi connectivity index (χ3v) is 4.79. The molecule has 0 unspecified atom stereocenters. The minimum Gasteiger partial charge on any atom is -0.336 e. The Balaban J connectivity index is 1.77. The monoisotopic (exact) mass is 429 g/mol. The van der Waals surface area contributed by atoms with Gasteiger partial charge in [0.2, 0.25) is 0 Å². The van der Waals surface area contributed by atoms with Crippen LogP contribution in [0.2, 0.25) is 10.0 Å². The van der Waals surface area contributed by atoms with Crippen LogP contribution in [0.1, 0.15) is 25.2 Å². The van der Waals surface area contributed by atoms with Gasteiger partial charge in [-0.2, -0.15) is 0 Å². The summed E-state index contributed by atoms with van der Waals surface area (Å²) in [4.78, 5) is 11.8. The number of rotatable bonds is 5. The number of amides is 2. The number of hydrogen-bond donors (Lipinski definition) is 2. The van der Waals surface area contributed by atoms with E-state index in [4.69, 9.17) is 23.2 Å². The van der Waals surface area contributed by atoms with Gasteiger partial charge in [-0.1, -0.05) is 29.3 Å². The maximum Gasteiger partial charge on any atom is 0.319 e. The van der Waals surface area contributed by atoms with E-state index in [1.54, 1.807) is 18.2 Å². The molecule has 29 heavy (non-hydrogen) atoms. The summed E-state index contributed by atoms with van der Waals surface area (Å²) in [5.41, 5.74) is 2.31. The molecule has 0 aliphatic carbocycles. The van der Waals surface area contributed by atoms with E-state index in [2.05, 4.69) is 20.8 Å². The zero-order chi connectivity index (χ0) is 21.0. The van der Waals surface area contributed by atoms with Crippen molar-refractivity contribution in [3.8, 4) is 11.4 Å². The van der Waals surface area contributed by atoms with Crippen LogP contribution in [0.4, 0.5) is 10.5 Å². The van der Waals surface area contributed by atoms with Gasteiger partial charge in [0, 0.05) is 39.9 Å². The van der Waals surface area contributed by atoms with Crippen molar-refractivity contribution in [3.05, 3.63) is 63.9 Å². The van der Waals surface area contributed by atoms with Crippen molar-refractivity contribution in [1.82, 2.24) is 20.1 Å². The zero-order valence-corrected chi connectivity index (χ0v) is 17.8. The lowest BCUT2D eigenvalue weighted by atomic mass is 10.2. The van der Waals surface area contributed by atoms with Gasteiger partial charge >= 0.3 is 6.03 Å². The molecule has 6 nitrogen and oxygen atoms in total. The van der Waals surface area contributed by atoms with Crippen LogP contribution in [-0.4, -0.2) is 26.8 Å². The smallest absolute Gasteiger partial charge is 0.319 e. The molecule has 0 bridgehead atoms. The fraction of sp³-hybridized carbons (Fsp3) is 0.190. The highest BCUT2D eigenvalue weighted by atomic mass is 35.5. The first-order valence-corrected chi connectivity index (χ1v) is 9.80. The van der Waals surface area contributed by atoms with Gasteiger partial charge in [0.15, 0.2) is 11.6 Å². The zero-order valence-electron chi connectivity index (χ0n) is 16.3. The summed E-state index contributed by atoms with van der Waals surface area (Å²) in [7, 11) is 1.88. The van der Waals surface area contributed by atoms with Crippen LogP contribution in [0.25, 0.3) is 23.5 Å². The molecule has 0 atom stereocenters. The molecule has 0 radical (unpaired) electrons. The van der Waals surface area contributed by atoms with E-state index in [-0.39, 0.29) is 12.1 Å². The summed E-state index contributed by atoms with van der Waals surface area (Å²) in [5.74, 6) is 1.36. The Hall–Kier alpha value is -2.83. The van der Waals surface area contributed by atoms with Crippen molar-refractivity contribution in [3.63, 3.8) is 0 Å². The Labute approximate surface area is 179 Å². The Morgan fingerprint density at radius 2 is 1.69 bits per heavy atom. The lowest BCUT2D eigenvalue weighted by Gasteiger charge is -2.10. The minimum absolute atomic E-state index is 0.0695. The second-order valence-corrected chi connectivity index (χ2v) is 7.55. The van der Waals surface area contributed by atoms with Crippen LogP contribution in [0.5, 0.6) is 0 Å². The summed E-state index contributed by atoms with van der Waals surface area (Å²) in [6.45, 7) is 3.81. The molecule has 0 saturated heterocycles. The molecule has 0 spiro atoms. The van der Waals surface area contributed by atoms with Gasteiger partial charge in [0.1, 0.15) is 0 Å². The van der Waals surface area contributed by atoms with Crippen LogP contribution in [0.15, 0.2) is 42.5 Å². The SMILES string of the molecule is CC(C)NC(=O)Nc1ccc(-c2nnc(/C=C/c3c(Cl)cccc3Cl)n2C)cc1. The number of benzene rings is 2. The highest BCUT2D eigenvalue weighted by molar-refractivity contribution is 6.37. The predicted octanol–water partition coefficient (Wildman–Crippen LogP) is 5.49. The predicted molar refractivity (Wildman–Crippen MR) is 119 cm³/mol. The van der Waals surface area contributed by atoms with Crippen molar-refractivity contribution in [2.45, 2.75) is 19.9 Å². The lowest BCUT2D eigenvalue weighted by molar-refractivity contribution is 0.250. The molecule has 3 aromatic rings. The Morgan fingerprint density at radius 3 is 2.31 bits per heavy atom. The number of nitrogens with one attached hydrogen (secondary N) is 2. The van der Waals surface area contributed by atoms with Crippen LogP contribution in [0.3, 0.4) is 0 Å². The van der Waals surface area contributed by atoms with Crippen LogP contribution in [0, 0.1) is 0 Å². The third-order valence-electron chi connectivity index (χ3n) is 4.13. The molecule has 0 fully saturated rings. The van der Waals surface area contributed by atoms with E-state index in [0.29, 0.717) is 27.4 Å². The number of carbonyl (C=O) groups excluding carboxylic acids is 1. The van der Waals surface area contributed by atoms with Crippen molar-refractivity contribution >= 4 is 47.1 Å². The molecule has 8 heteroatoms. The molecule has 1 heterocycles. The average molecular weight is 430 g/mol. The lowest BCUT2D eigenvalue weighted by Crippen LogP contribution is -2.34. The number of anilines is 1. The molecule has 1 aromatic heterocycles. The van der Waals surface area contributed by atoms with Gasteiger partial charge in [-0.15, -0.1) is 10.2 Å². The maximum atomic E-state index is 11.8. The van der Waals surface area contributed by atoms with E-state index in [0.717, 1.165) is 11.1 Å². The van der Waals surface area contributed by atoms with E-state index >= 15 is 0 Å². The maximum absolute atomic E-state index is 11.8. The number of nitrogens with zero attached hydrogens (tertiary/aromatic N) is 3. The molecule has 2 N–H and O–H groups in total. The topological polar surface area (TPSA) is 71.8 Å². The standard InChI is InChI=1S/C21H21Cl2N5O/c1-13(2)24-21(29)25-15-9-7-14(8-10-15)20-27-26-19(28(20)3)12-11-16-17(22)5-4-6-18(16)23/h4-13H,1-3H3,(H2,24,25,29)/b12-11+. The second-order valence-electron chi connectivity index (χ2n) is 6.74. The molecule has 0 aliphatic rings. The number of hydrogen-bond acceptors (Lipinski definition) is 3. The van der Waals surface area contributed by atoms with E-state index in [1.807, 2.05) is 61.9 Å². The van der Waals surface area contributed by atoms with E-state index < -0.39 is 0 Å². The van der Waals surface area contributed by atoms with Gasteiger partial charge in [-0.25, -0.2) is 4.79 Å². The first kappa shape index (κ1) is 20.9. The van der Waals surface area contributed by atoms with Crippen LogP contribution < -0.4 is 10.6 Å². The van der Waals surface area contributed by atoms with E-state index in [1.165, 1.54) is 0 Å². The Morgan fingerprint density at radius 1 is 1.03 bits per heavy atom. The molecule has 0 saturated carbocycles. The number of urea groups is 1. The summed E-state index contributed by atoms with van der Waals surface area (Å²) < 4.78 is 1.87. The van der Waals surface area contributed by atoms with E-state index in [9.17, 15) is 4.79 Å². The molecular formula is C21H21Cl2N5O. The Bertz CT molecular complexity index is 1020. The molecule has 3 rings (SSSR count). The van der Waals surface area contributed by atoms with Crippen LogP contribution >= 0.6 is 23.2 Å². The fourth-order valence-electron chi connectivity index (χ4n) is 2.70. The minimum atomic E-state index is -0.239. The largest absolute Gasteiger partial charge is 0.336 e. The van der Waals surface area contributed by atoms with Crippen molar-refractivity contribution in [1.29, 1.82) is 0 Å². The molecule has 0 aliphatic heterocycles. The van der Waals surface area contributed by atoms with Crippen molar-refractivity contribution in [2.24, 2.45) is 7.05 Å². The summed E-state index contributed by atoms with van der Waals surface area (Å²) in [6, 6.07) is 12.6. The quantitative estimate of drug-likeness (QED) is 0.562. The molecule has 2 aromatic carbocycles. The average Bonchev–Trinajstić information content (AvgIpc) is 3.02. The summed E-state index contributed by atoms with van der Waals surface area (Å²) >= 11 is 12.4. The number of aromatic nitrogens is 3. The first-order chi connectivity index (χ1) is 13.8. The van der Waals surface area contributed by atoms with Gasteiger partial charge in [-0.3, -0.25) is 0 Å². The highest BCUT2D eigenvalue weighted by Gasteiger charge is 2.10. The normalized spacial score (nSPS) is 11.2. The third kappa shape index (κ3) is 5.16. The highest BCUT2D eigenvalue weighted by Crippen LogP contribution is 2.26. The van der Waals surface area contributed by atoms with Gasteiger partial charge in [0.25, 0.3) is 0 Å². The van der Waals surface area contributed by atoms with Gasteiger partial charge in [0.05, 0.1) is 0 Å². The van der Waals surface area contributed by atoms with Crippen molar-refractivity contribution in [2.75, 3.05) is 5.32 Å². The Kier molecular flexibility index (Phi) is 6.56. The second kappa shape index (κ2) is 9.11. The van der Waals surface area contributed by atoms with Crippen LogP contribution in [-0.2, 0) is 7.05 Å². The number of carbonyl (C=O) groups is 1. The molecule has 150 valence electrons. The van der Waals surface area contributed by atoms with Gasteiger partial charge < -0.3 is 15.2 Å². The van der Waals surface area contributed by atoms with Gasteiger partial charge in [-0.05, 0) is 62.4 Å².